The molecule has 9 nitrogen and oxygen atoms in total. The fourth-order valence-electron chi connectivity index (χ4n) is 6.48. The van der Waals surface area contributed by atoms with Gasteiger partial charge in [-0.25, -0.2) is 4.57 Å². The number of aliphatic hydroxyl groups excluding tert-OH is 1. The van der Waals surface area contributed by atoms with Crippen LogP contribution in [-0.4, -0.2) is 54.3 Å². The Hall–Kier alpha value is -2.29. The third-order valence-electron chi connectivity index (χ3n) is 10.2. The Kier molecular flexibility index (Phi) is 44.5. The number of ether oxygens (including phenoxy) is 1. The molecular formula is C50H90NO8P. The van der Waals surface area contributed by atoms with Crippen molar-refractivity contribution < 1.29 is 37.9 Å². The summed E-state index contributed by atoms with van der Waals surface area (Å²) >= 11 is 0. The summed E-state index contributed by atoms with van der Waals surface area (Å²) in [6.07, 6.45) is 55.7. The molecule has 0 aliphatic heterocycles. The van der Waals surface area contributed by atoms with Gasteiger partial charge in [-0.1, -0.05) is 177 Å². The van der Waals surface area contributed by atoms with Gasteiger partial charge in [-0.15, -0.1) is 0 Å². The Balaban J connectivity index is 3.61. The monoisotopic (exact) mass is 864 g/mol. The van der Waals surface area contributed by atoms with Crippen LogP contribution in [0.5, 0.6) is 0 Å². The first-order chi connectivity index (χ1) is 29.3. The van der Waals surface area contributed by atoms with Crippen molar-refractivity contribution in [3.05, 3.63) is 60.8 Å². The van der Waals surface area contributed by atoms with Gasteiger partial charge in [-0.2, -0.15) is 0 Å². The molecule has 3 N–H and O–H groups in total. The highest BCUT2D eigenvalue weighted by atomic mass is 31.2. The number of carbonyl (C=O) groups is 2. The number of esters is 1. The van der Waals surface area contributed by atoms with Crippen LogP contribution in [-0.2, 0) is 27.9 Å². The largest absolute Gasteiger partial charge is 0.472 e. The number of rotatable bonds is 45. The second-order valence-corrected chi connectivity index (χ2v) is 17.5. The van der Waals surface area contributed by atoms with Crippen LogP contribution >= 0.6 is 7.82 Å². The summed E-state index contributed by atoms with van der Waals surface area (Å²) in [7, 11) is -4.43. The number of phosphoric ester groups is 1. The van der Waals surface area contributed by atoms with Crippen molar-refractivity contribution in [2.75, 3.05) is 26.4 Å². The number of hydrogen-bond donors (Lipinski definition) is 3. The third kappa shape index (κ3) is 46.8. The van der Waals surface area contributed by atoms with Gasteiger partial charge in [0.15, 0.2) is 0 Å². The molecule has 0 saturated carbocycles. The van der Waals surface area contributed by atoms with Gasteiger partial charge in [0.05, 0.1) is 13.2 Å². The standard InChI is InChI=1S/C50H90NO8P/c1-3-5-7-9-11-13-15-17-19-21-23-24-25-27-29-31-33-35-37-39-41-43-50(54)57-46-48(52)47-59-60(55,56)58-45-44-51-49(53)42-40-38-36-34-32-30-28-26-22-20-18-16-14-12-10-8-6-4-2/h11,13-14,16-17,19-20,22-24,48,52H,3-10,12,15,18,21,25-47H2,1-2H3,(H,51,53)(H,55,56)/b13-11-,16-14-,19-17-,22-20-,24-23-. The maximum atomic E-state index is 12.1. The zero-order chi connectivity index (χ0) is 43.9. The van der Waals surface area contributed by atoms with Gasteiger partial charge in [-0.05, 0) is 83.5 Å². The second-order valence-electron chi connectivity index (χ2n) is 16.1. The summed E-state index contributed by atoms with van der Waals surface area (Å²) in [6.45, 7) is 3.50. The van der Waals surface area contributed by atoms with Gasteiger partial charge in [0.2, 0.25) is 5.91 Å². The van der Waals surface area contributed by atoms with E-state index in [0.29, 0.717) is 6.42 Å². The first-order valence-corrected chi connectivity index (χ1v) is 25.8. The molecule has 0 fully saturated rings. The highest BCUT2D eigenvalue weighted by molar-refractivity contribution is 7.47. The van der Waals surface area contributed by atoms with Crippen LogP contribution in [0.1, 0.15) is 213 Å². The van der Waals surface area contributed by atoms with Gasteiger partial charge < -0.3 is 20.1 Å². The van der Waals surface area contributed by atoms with E-state index in [2.05, 4.69) is 79.9 Å². The van der Waals surface area contributed by atoms with E-state index in [9.17, 15) is 24.2 Å². The van der Waals surface area contributed by atoms with Gasteiger partial charge in [0, 0.05) is 19.4 Å². The maximum absolute atomic E-state index is 12.1. The maximum Gasteiger partial charge on any atom is 0.472 e. The number of amides is 1. The van der Waals surface area contributed by atoms with Gasteiger partial charge in [0.25, 0.3) is 0 Å². The number of aliphatic hydroxyl groups is 1. The molecule has 0 aromatic heterocycles. The highest BCUT2D eigenvalue weighted by Gasteiger charge is 2.23. The summed E-state index contributed by atoms with van der Waals surface area (Å²) in [5.41, 5.74) is 0. The van der Waals surface area contributed by atoms with Crippen LogP contribution in [0.15, 0.2) is 60.8 Å². The number of carbonyl (C=O) groups excluding carboxylic acids is 2. The first kappa shape index (κ1) is 57.7. The number of allylic oxidation sites excluding steroid dienone is 10. The average Bonchev–Trinajstić information content (AvgIpc) is 3.23. The average molecular weight is 864 g/mol. The topological polar surface area (TPSA) is 131 Å². The Morgan fingerprint density at radius 1 is 0.517 bits per heavy atom. The molecule has 0 aliphatic rings. The molecule has 1 amide bonds. The predicted molar refractivity (Wildman–Crippen MR) is 252 cm³/mol. The summed E-state index contributed by atoms with van der Waals surface area (Å²) < 4.78 is 26.9. The van der Waals surface area contributed by atoms with E-state index < -0.39 is 26.5 Å². The lowest BCUT2D eigenvalue weighted by Crippen LogP contribution is -2.27. The minimum absolute atomic E-state index is 0.0744. The van der Waals surface area contributed by atoms with E-state index in [1.807, 2.05) is 0 Å². The van der Waals surface area contributed by atoms with E-state index in [0.717, 1.165) is 77.0 Å². The second kappa shape index (κ2) is 46.2. The molecule has 2 unspecified atom stereocenters. The van der Waals surface area contributed by atoms with Crippen molar-refractivity contribution in [1.82, 2.24) is 5.32 Å². The van der Waals surface area contributed by atoms with E-state index >= 15 is 0 Å². The number of nitrogens with one attached hydrogen (secondary N) is 1. The molecule has 0 rings (SSSR count). The smallest absolute Gasteiger partial charge is 0.463 e. The van der Waals surface area contributed by atoms with Gasteiger partial charge in [-0.3, -0.25) is 18.6 Å². The predicted octanol–water partition coefficient (Wildman–Crippen LogP) is 14.1. The lowest BCUT2D eigenvalue weighted by molar-refractivity contribution is -0.147. The molecule has 0 radical (unpaired) electrons. The molecule has 0 spiro atoms. The van der Waals surface area contributed by atoms with Crippen LogP contribution in [0.25, 0.3) is 0 Å². The van der Waals surface area contributed by atoms with Crippen molar-refractivity contribution in [2.24, 2.45) is 0 Å². The normalized spacial score (nSPS) is 13.7. The molecular weight excluding hydrogens is 774 g/mol. The summed E-state index contributed by atoms with van der Waals surface area (Å²) in [5.74, 6) is -0.531. The van der Waals surface area contributed by atoms with E-state index in [4.69, 9.17) is 13.8 Å². The summed E-state index contributed by atoms with van der Waals surface area (Å²) in [4.78, 5) is 34.0. The van der Waals surface area contributed by atoms with E-state index in [-0.39, 0.29) is 32.1 Å². The van der Waals surface area contributed by atoms with Crippen molar-refractivity contribution in [3.8, 4) is 0 Å². The SMILES string of the molecule is CCCCC/C=C\C/C=C\C/C=C\CCCCCCCCCCC(=O)OCC(O)COP(=O)(O)OCCNC(=O)CCCCCCCCC/C=C\C/C=C\CCCCCC. The lowest BCUT2D eigenvalue weighted by atomic mass is 10.1. The molecule has 0 heterocycles. The number of hydrogen-bond acceptors (Lipinski definition) is 7. The summed E-state index contributed by atoms with van der Waals surface area (Å²) in [6, 6.07) is 0. The zero-order valence-electron chi connectivity index (χ0n) is 38.4. The van der Waals surface area contributed by atoms with Gasteiger partial charge in [0.1, 0.15) is 12.7 Å². The van der Waals surface area contributed by atoms with Crippen LogP contribution in [0.3, 0.4) is 0 Å². The molecule has 348 valence electrons. The van der Waals surface area contributed by atoms with Crippen molar-refractivity contribution in [1.29, 1.82) is 0 Å². The Labute approximate surface area is 368 Å². The minimum Gasteiger partial charge on any atom is -0.463 e. The molecule has 2 atom stereocenters. The Morgan fingerprint density at radius 3 is 1.38 bits per heavy atom. The molecule has 0 saturated heterocycles. The van der Waals surface area contributed by atoms with Crippen molar-refractivity contribution in [3.63, 3.8) is 0 Å². The number of unbranched alkanes of at least 4 members (excludes halogenated alkanes) is 22. The fourth-order valence-corrected chi connectivity index (χ4v) is 7.23. The highest BCUT2D eigenvalue weighted by Crippen LogP contribution is 2.42. The van der Waals surface area contributed by atoms with Crippen molar-refractivity contribution >= 4 is 19.7 Å². The van der Waals surface area contributed by atoms with Crippen LogP contribution in [0, 0.1) is 0 Å². The Morgan fingerprint density at radius 2 is 0.900 bits per heavy atom. The molecule has 0 aromatic rings. The van der Waals surface area contributed by atoms with Crippen molar-refractivity contribution in [2.45, 2.75) is 219 Å². The van der Waals surface area contributed by atoms with E-state index in [1.54, 1.807) is 0 Å². The number of phosphoric acid groups is 1. The van der Waals surface area contributed by atoms with Crippen LogP contribution < -0.4 is 5.32 Å². The third-order valence-corrected chi connectivity index (χ3v) is 11.2. The van der Waals surface area contributed by atoms with Gasteiger partial charge >= 0.3 is 13.8 Å². The molecule has 0 bridgehead atoms. The lowest BCUT2D eigenvalue weighted by Gasteiger charge is -2.15. The van der Waals surface area contributed by atoms with Crippen LogP contribution in [0.2, 0.25) is 0 Å². The molecule has 0 aromatic carbocycles. The Bertz CT molecular complexity index is 1170. The molecule has 60 heavy (non-hydrogen) atoms. The fraction of sp³-hybridized carbons (Fsp3) is 0.760. The molecule has 0 aliphatic carbocycles. The van der Waals surface area contributed by atoms with E-state index in [1.165, 1.54) is 109 Å². The van der Waals surface area contributed by atoms with Crippen LogP contribution in [0.4, 0.5) is 0 Å². The summed E-state index contributed by atoms with van der Waals surface area (Å²) in [5, 5.41) is 12.7. The molecule has 10 heteroatoms. The zero-order valence-corrected chi connectivity index (χ0v) is 39.3. The minimum atomic E-state index is -4.43. The first-order valence-electron chi connectivity index (χ1n) is 24.3. The quantitative estimate of drug-likeness (QED) is 0.0239.